The van der Waals surface area contributed by atoms with Gasteiger partial charge >= 0.3 is 5.97 Å². The number of imidazole rings is 1. The number of para-hydroxylation sites is 1. The summed E-state index contributed by atoms with van der Waals surface area (Å²) in [5.41, 5.74) is 7.87. The van der Waals surface area contributed by atoms with Crippen LogP contribution in [0.2, 0.25) is 0 Å². The van der Waals surface area contributed by atoms with E-state index in [1.807, 2.05) is 24.3 Å². The van der Waals surface area contributed by atoms with Crippen molar-refractivity contribution < 1.29 is 29.4 Å². The molecule has 4 atom stereocenters. The monoisotopic (exact) mass is 531 g/mol. The third-order valence-corrected chi connectivity index (χ3v) is 6.07. The topological polar surface area (TPSA) is 215 Å². The number of thiol groups is 1. The third-order valence-electron chi connectivity index (χ3n) is 5.67. The average molecular weight is 532 g/mol. The normalized spacial score (nSPS) is 14.4. The molecule has 0 fully saturated rings. The summed E-state index contributed by atoms with van der Waals surface area (Å²) < 4.78 is 0. The Labute approximate surface area is 217 Å². The number of hydrogen-bond acceptors (Lipinski definition) is 8. The van der Waals surface area contributed by atoms with Gasteiger partial charge < -0.3 is 41.9 Å². The SMILES string of the molecule is NC(CS)C(=O)NC(Cc1c[nH]c2ccccc12)C(=O)NC(Cc1cnc[nH]1)C(=O)NC(CO)C(=O)O. The predicted octanol–water partition coefficient (Wildman–Crippen LogP) is -1.54. The molecular formula is C23H29N7O6S. The van der Waals surface area contributed by atoms with Crippen LogP contribution in [0.4, 0.5) is 0 Å². The Kier molecular flexibility index (Phi) is 9.65. The van der Waals surface area contributed by atoms with Crippen LogP contribution in [0, 0.1) is 0 Å². The lowest BCUT2D eigenvalue weighted by atomic mass is 10.0. The number of rotatable bonds is 13. The second-order valence-electron chi connectivity index (χ2n) is 8.34. The van der Waals surface area contributed by atoms with Gasteiger partial charge in [0.15, 0.2) is 0 Å². The number of aliphatic hydroxyl groups is 1. The molecule has 3 rings (SSSR count). The number of benzene rings is 1. The van der Waals surface area contributed by atoms with Crippen LogP contribution in [-0.4, -0.2) is 85.4 Å². The first kappa shape index (κ1) is 27.7. The van der Waals surface area contributed by atoms with Gasteiger partial charge in [-0.3, -0.25) is 14.4 Å². The van der Waals surface area contributed by atoms with Crippen molar-refractivity contribution >= 4 is 47.2 Å². The summed E-state index contributed by atoms with van der Waals surface area (Å²) in [5.74, 6) is -3.52. The summed E-state index contributed by atoms with van der Waals surface area (Å²) in [6.45, 7) is -0.841. The van der Waals surface area contributed by atoms with Crippen molar-refractivity contribution in [3.63, 3.8) is 0 Å². The Balaban J connectivity index is 1.85. The third kappa shape index (κ3) is 7.31. The first-order chi connectivity index (χ1) is 17.7. The van der Waals surface area contributed by atoms with Crippen LogP contribution in [0.5, 0.6) is 0 Å². The lowest BCUT2D eigenvalue weighted by Crippen LogP contribution is -2.58. The molecule has 198 valence electrons. The molecule has 0 aliphatic carbocycles. The number of aromatic amines is 2. The van der Waals surface area contributed by atoms with Crippen LogP contribution in [0.1, 0.15) is 11.3 Å². The Bertz CT molecular complexity index is 1230. The maximum Gasteiger partial charge on any atom is 0.328 e. The second kappa shape index (κ2) is 12.9. The molecule has 0 radical (unpaired) electrons. The van der Waals surface area contributed by atoms with Crippen molar-refractivity contribution in [1.29, 1.82) is 0 Å². The quantitative estimate of drug-likeness (QED) is 0.118. The van der Waals surface area contributed by atoms with Gasteiger partial charge in [0.25, 0.3) is 0 Å². The van der Waals surface area contributed by atoms with Gasteiger partial charge in [0.2, 0.25) is 17.7 Å². The minimum atomic E-state index is -1.57. The molecule has 0 aliphatic rings. The van der Waals surface area contributed by atoms with E-state index in [2.05, 4.69) is 43.5 Å². The molecule has 9 N–H and O–H groups in total. The van der Waals surface area contributed by atoms with Gasteiger partial charge in [0.05, 0.1) is 19.0 Å². The fraction of sp³-hybridized carbons (Fsp3) is 0.348. The summed E-state index contributed by atoms with van der Waals surface area (Å²) in [4.78, 5) is 60.0. The van der Waals surface area contributed by atoms with Crippen molar-refractivity contribution in [1.82, 2.24) is 30.9 Å². The largest absolute Gasteiger partial charge is 0.480 e. The van der Waals surface area contributed by atoms with E-state index in [1.165, 1.54) is 12.5 Å². The molecule has 13 nitrogen and oxygen atoms in total. The molecule has 14 heteroatoms. The van der Waals surface area contributed by atoms with Crippen molar-refractivity contribution in [2.75, 3.05) is 12.4 Å². The smallest absolute Gasteiger partial charge is 0.328 e. The summed E-state index contributed by atoms with van der Waals surface area (Å²) in [7, 11) is 0. The van der Waals surface area contributed by atoms with Gasteiger partial charge in [-0.2, -0.15) is 12.6 Å². The number of aromatic nitrogens is 3. The highest BCUT2D eigenvalue weighted by atomic mass is 32.1. The van der Waals surface area contributed by atoms with Gasteiger partial charge in [-0.1, -0.05) is 18.2 Å². The summed E-state index contributed by atoms with van der Waals surface area (Å²) in [6, 6.07) is 2.53. The number of nitrogens with two attached hydrogens (primary N) is 1. The Hall–Kier alpha value is -3.88. The Morgan fingerprint density at radius 1 is 0.973 bits per heavy atom. The Morgan fingerprint density at radius 2 is 1.62 bits per heavy atom. The number of aliphatic carboxylic acids is 1. The molecule has 0 spiro atoms. The second-order valence-corrected chi connectivity index (χ2v) is 8.70. The van der Waals surface area contributed by atoms with Crippen LogP contribution >= 0.6 is 12.6 Å². The average Bonchev–Trinajstić information content (AvgIpc) is 3.55. The van der Waals surface area contributed by atoms with E-state index in [1.54, 1.807) is 6.20 Å². The number of carbonyl (C=O) groups excluding carboxylic acids is 3. The number of carboxylic acid groups (broad SMARTS) is 1. The number of H-pyrrole nitrogens is 2. The van der Waals surface area contributed by atoms with Crippen molar-refractivity contribution in [2.45, 2.75) is 37.0 Å². The molecule has 0 bridgehead atoms. The molecule has 3 amide bonds. The van der Waals surface area contributed by atoms with Crippen LogP contribution < -0.4 is 21.7 Å². The number of carboxylic acids is 1. The van der Waals surface area contributed by atoms with Crippen LogP contribution in [0.25, 0.3) is 10.9 Å². The van der Waals surface area contributed by atoms with Crippen molar-refractivity contribution in [3.8, 4) is 0 Å². The Morgan fingerprint density at radius 3 is 2.24 bits per heavy atom. The molecule has 4 unspecified atom stereocenters. The molecule has 37 heavy (non-hydrogen) atoms. The maximum absolute atomic E-state index is 13.4. The van der Waals surface area contributed by atoms with Crippen LogP contribution in [0.3, 0.4) is 0 Å². The van der Waals surface area contributed by atoms with Crippen molar-refractivity contribution in [2.24, 2.45) is 5.73 Å². The summed E-state index contributed by atoms with van der Waals surface area (Å²) in [6.07, 6.45) is 4.58. The fourth-order valence-corrected chi connectivity index (χ4v) is 3.81. The predicted molar refractivity (Wildman–Crippen MR) is 137 cm³/mol. The van der Waals surface area contributed by atoms with Gasteiger partial charge in [-0.05, 0) is 11.6 Å². The number of hydrogen-bond donors (Lipinski definition) is 9. The minimum absolute atomic E-state index is 0.0514. The van der Waals surface area contributed by atoms with E-state index in [-0.39, 0.29) is 18.6 Å². The van der Waals surface area contributed by atoms with Crippen LogP contribution in [-0.2, 0) is 32.0 Å². The van der Waals surface area contributed by atoms with Gasteiger partial charge in [0, 0.05) is 47.6 Å². The number of aliphatic hydroxyl groups excluding tert-OH is 1. The number of amides is 3. The molecule has 2 aromatic heterocycles. The van der Waals surface area contributed by atoms with Crippen LogP contribution in [0.15, 0.2) is 43.0 Å². The highest BCUT2D eigenvalue weighted by molar-refractivity contribution is 7.80. The zero-order valence-corrected chi connectivity index (χ0v) is 20.6. The van der Waals surface area contributed by atoms with Crippen molar-refractivity contribution in [3.05, 3.63) is 54.2 Å². The first-order valence-corrected chi connectivity index (χ1v) is 12.0. The molecular weight excluding hydrogens is 502 g/mol. The van der Waals surface area contributed by atoms with E-state index >= 15 is 0 Å². The molecule has 2 heterocycles. The zero-order chi connectivity index (χ0) is 26.9. The fourth-order valence-electron chi connectivity index (χ4n) is 3.65. The minimum Gasteiger partial charge on any atom is -0.480 e. The molecule has 1 aromatic carbocycles. The lowest BCUT2D eigenvalue weighted by molar-refractivity contribution is -0.143. The van der Waals surface area contributed by atoms with Gasteiger partial charge in [-0.25, -0.2) is 9.78 Å². The zero-order valence-electron chi connectivity index (χ0n) is 19.7. The van der Waals surface area contributed by atoms with E-state index < -0.39 is 54.5 Å². The standard InChI is InChI=1S/C23H29N7O6S/c24-15(10-37)20(32)28-17(5-12-7-26-16-4-2-1-3-14(12)16)21(33)29-18(6-13-8-25-11-27-13)22(34)30-19(9-31)23(35)36/h1-4,7-8,11,15,17-19,26,31,37H,5-6,9-10,24H2,(H,25,27)(H,28,32)(H,29,33)(H,30,34)(H,35,36). The number of nitrogens with one attached hydrogen (secondary N) is 5. The van der Waals surface area contributed by atoms with E-state index in [9.17, 15) is 29.4 Å². The number of nitrogens with zero attached hydrogens (tertiary/aromatic N) is 1. The molecule has 0 saturated carbocycles. The molecule has 0 aliphatic heterocycles. The summed E-state index contributed by atoms with van der Waals surface area (Å²) >= 11 is 4.03. The molecule has 3 aromatic rings. The van der Waals surface area contributed by atoms with E-state index in [0.717, 1.165) is 16.5 Å². The van der Waals surface area contributed by atoms with Gasteiger partial charge in [0.1, 0.15) is 18.1 Å². The number of fused-ring (bicyclic) bond motifs is 1. The van der Waals surface area contributed by atoms with Gasteiger partial charge in [-0.15, -0.1) is 0 Å². The van der Waals surface area contributed by atoms with E-state index in [0.29, 0.717) is 5.69 Å². The molecule has 0 saturated heterocycles. The highest BCUT2D eigenvalue weighted by Gasteiger charge is 2.31. The van der Waals surface area contributed by atoms with E-state index in [4.69, 9.17) is 5.73 Å². The summed E-state index contributed by atoms with van der Waals surface area (Å²) in [5, 5.41) is 26.7. The maximum atomic E-state index is 13.4. The highest BCUT2D eigenvalue weighted by Crippen LogP contribution is 2.19. The first-order valence-electron chi connectivity index (χ1n) is 11.4. The lowest BCUT2D eigenvalue weighted by Gasteiger charge is -2.24. The number of carbonyl (C=O) groups is 4.